The molecule has 0 spiro atoms. The van der Waals surface area contributed by atoms with Crippen LogP contribution in [0.5, 0.6) is 0 Å². The zero-order valence-corrected chi connectivity index (χ0v) is 11.4. The highest BCUT2D eigenvalue weighted by Gasteiger charge is 2.21. The first kappa shape index (κ1) is 13.5. The summed E-state index contributed by atoms with van der Waals surface area (Å²) < 4.78 is 2.00. The molecule has 0 aliphatic carbocycles. The van der Waals surface area contributed by atoms with Crippen molar-refractivity contribution < 1.29 is 5.11 Å². The van der Waals surface area contributed by atoms with Crippen LogP contribution in [0.4, 0.5) is 0 Å². The van der Waals surface area contributed by atoms with E-state index in [9.17, 15) is 0 Å². The molecule has 102 valence electrons. The molecule has 1 aliphatic heterocycles. The van der Waals surface area contributed by atoms with E-state index < -0.39 is 0 Å². The van der Waals surface area contributed by atoms with Gasteiger partial charge in [0.05, 0.1) is 6.54 Å². The molecule has 1 fully saturated rings. The molecule has 1 N–H and O–H groups in total. The van der Waals surface area contributed by atoms with Crippen molar-refractivity contribution in [3.8, 4) is 0 Å². The smallest absolute Gasteiger partial charge is 0.141 e. The lowest BCUT2D eigenvalue weighted by Gasteiger charge is -2.32. The molecule has 1 saturated heterocycles. The highest BCUT2D eigenvalue weighted by Crippen LogP contribution is 2.20. The minimum absolute atomic E-state index is 0.306. The molecule has 5 nitrogen and oxygen atoms in total. The number of aromatic nitrogens is 3. The Morgan fingerprint density at radius 1 is 1.50 bits per heavy atom. The lowest BCUT2D eigenvalue weighted by Crippen LogP contribution is -2.36. The summed E-state index contributed by atoms with van der Waals surface area (Å²) in [6.07, 6.45) is 5.03. The number of likely N-dealkylation sites (tertiary alicyclic amines) is 1. The molecule has 0 saturated carbocycles. The maximum absolute atomic E-state index is 9.03. The van der Waals surface area contributed by atoms with Crippen molar-refractivity contribution >= 4 is 0 Å². The predicted molar refractivity (Wildman–Crippen MR) is 70.1 cm³/mol. The topological polar surface area (TPSA) is 54.2 Å². The Hall–Kier alpha value is -0.940. The molecule has 1 atom stereocenters. The van der Waals surface area contributed by atoms with Gasteiger partial charge in [-0.15, -0.1) is 0 Å². The zero-order valence-electron chi connectivity index (χ0n) is 11.4. The lowest BCUT2D eigenvalue weighted by molar-refractivity contribution is 0.138. The Balaban J connectivity index is 1.94. The Bertz CT molecular complexity index is 362. The molecule has 1 aromatic rings. The SMILES string of the molecule is CC(C)n1ncnc1CN1CCCC(CCO)C1. The Morgan fingerprint density at radius 2 is 2.33 bits per heavy atom. The number of rotatable bonds is 5. The maximum Gasteiger partial charge on any atom is 0.141 e. The van der Waals surface area contributed by atoms with E-state index in [0.717, 1.165) is 31.9 Å². The van der Waals surface area contributed by atoms with Crippen LogP contribution in [-0.4, -0.2) is 44.5 Å². The molecular weight excluding hydrogens is 228 g/mol. The molecule has 0 bridgehead atoms. The van der Waals surface area contributed by atoms with E-state index in [2.05, 4.69) is 28.8 Å². The highest BCUT2D eigenvalue weighted by atomic mass is 16.3. The van der Waals surface area contributed by atoms with E-state index in [0.29, 0.717) is 18.6 Å². The summed E-state index contributed by atoms with van der Waals surface area (Å²) in [6.45, 7) is 7.64. The Morgan fingerprint density at radius 3 is 3.06 bits per heavy atom. The first-order chi connectivity index (χ1) is 8.70. The normalized spacial score (nSPS) is 21.7. The largest absolute Gasteiger partial charge is 0.396 e. The van der Waals surface area contributed by atoms with Gasteiger partial charge in [0.15, 0.2) is 0 Å². The van der Waals surface area contributed by atoms with Crippen molar-refractivity contribution in [1.82, 2.24) is 19.7 Å². The van der Waals surface area contributed by atoms with Crippen molar-refractivity contribution in [3.05, 3.63) is 12.2 Å². The van der Waals surface area contributed by atoms with Gasteiger partial charge in [0, 0.05) is 19.2 Å². The molecule has 1 aromatic heterocycles. The fourth-order valence-electron chi connectivity index (χ4n) is 2.73. The number of aliphatic hydroxyl groups excluding tert-OH is 1. The summed E-state index contributed by atoms with van der Waals surface area (Å²) in [6, 6.07) is 0.362. The summed E-state index contributed by atoms with van der Waals surface area (Å²) in [5.41, 5.74) is 0. The van der Waals surface area contributed by atoms with Gasteiger partial charge >= 0.3 is 0 Å². The van der Waals surface area contributed by atoms with Crippen LogP contribution in [0.25, 0.3) is 0 Å². The van der Waals surface area contributed by atoms with Crippen molar-refractivity contribution in [2.45, 2.75) is 45.7 Å². The molecule has 1 unspecified atom stereocenters. The van der Waals surface area contributed by atoms with Gasteiger partial charge in [-0.2, -0.15) is 5.10 Å². The number of hydrogen-bond donors (Lipinski definition) is 1. The van der Waals surface area contributed by atoms with E-state index in [-0.39, 0.29) is 0 Å². The molecule has 1 aliphatic rings. The van der Waals surface area contributed by atoms with E-state index in [1.807, 2.05) is 4.68 Å². The van der Waals surface area contributed by atoms with Gasteiger partial charge < -0.3 is 5.11 Å². The summed E-state index contributed by atoms with van der Waals surface area (Å²) >= 11 is 0. The minimum atomic E-state index is 0.306. The van der Waals surface area contributed by atoms with Crippen molar-refractivity contribution in [1.29, 1.82) is 0 Å². The van der Waals surface area contributed by atoms with E-state index in [4.69, 9.17) is 5.11 Å². The number of nitrogens with zero attached hydrogens (tertiary/aromatic N) is 4. The van der Waals surface area contributed by atoms with Crippen LogP contribution in [0.15, 0.2) is 6.33 Å². The predicted octanol–water partition coefficient (Wildman–Crippen LogP) is 1.45. The van der Waals surface area contributed by atoms with Gasteiger partial charge in [-0.05, 0) is 45.6 Å². The second-order valence-corrected chi connectivity index (χ2v) is 5.47. The monoisotopic (exact) mass is 252 g/mol. The van der Waals surface area contributed by atoms with Crippen LogP contribution < -0.4 is 0 Å². The van der Waals surface area contributed by atoms with Gasteiger partial charge in [-0.1, -0.05) is 0 Å². The van der Waals surface area contributed by atoms with Gasteiger partial charge in [-0.25, -0.2) is 9.67 Å². The minimum Gasteiger partial charge on any atom is -0.396 e. The number of aliphatic hydroxyl groups is 1. The molecule has 18 heavy (non-hydrogen) atoms. The summed E-state index contributed by atoms with van der Waals surface area (Å²) in [4.78, 5) is 6.80. The molecular formula is C13H24N4O. The first-order valence-corrected chi connectivity index (χ1v) is 6.92. The second-order valence-electron chi connectivity index (χ2n) is 5.47. The van der Waals surface area contributed by atoms with E-state index in [1.165, 1.54) is 12.8 Å². The highest BCUT2D eigenvalue weighted by molar-refractivity contribution is 4.88. The quantitative estimate of drug-likeness (QED) is 0.862. The number of piperidine rings is 1. The molecule has 0 aromatic carbocycles. The Kier molecular flexibility index (Phi) is 4.72. The fraction of sp³-hybridized carbons (Fsp3) is 0.846. The molecule has 0 amide bonds. The van der Waals surface area contributed by atoms with Crippen LogP contribution in [-0.2, 0) is 6.54 Å². The van der Waals surface area contributed by atoms with Crippen LogP contribution in [0.2, 0.25) is 0 Å². The van der Waals surface area contributed by atoms with Crippen molar-refractivity contribution in [2.75, 3.05) is 19.7 Å². The first-order valence-electron chi connectivity index (χ1n) is 6.92. The van der Waals surface area contributed by atoms with Gasteiger partial charge in [0.2, 0.25) is 0 Å². The maximum atomic E-state index is 9.03. The van der Waals surface area contributed by atoms with Crippen LogP contribution in [0.3, 0.4) is 0 Å². The Labute approximate surface area is 109 Å². The number of hydrogen-bond acceptors (Lipinski definition) is 4. The molecule has 2 rings (SSSR count). The lowest BCUT2D eigenvalue weighted by atomic mass is 9.95. The summed E-state index contributed by atoms with van der Waals surface area (Å²) in [5, 5.41) is 13.3. The van der Waals surface area contributed by atoms with Gasteiger partial charge in [0.25, 0.3) is 0 Å². The van der Waals surface area contributed by atoms with Crippen LogP contribution >= 0.6 is 0 Å². The van der Waals surface area contributed by atoms with Crippen molar-refractivity contribution in [2.24, 2.45) is 5.92 Å². The van der Waals surface area contributed by atoms with Crippen LogP contribution in [0, 0.1) is 5.92 Å². The molecule has 0 radical (unpaired) electrons. The summed E-state index contributed by atoms with van der Waals surface area (Å²) in [7, 11) is 0. The van der Waals surface area contributed by atoms with Crippen molar-refractivity contribution in [3.63, 3.8) is 0 Å². The standard InChI is InChI=1S/C13H24N4O/c1-11(2)17-13(14-10-15-17)9-16-6-3-4-12(8-16)5-7-18/h10-12,18H,3-9H2,1-2H3. The zero-order chi connectivity index (χ0) is 13.0. The van der Waals surface area contributed by atoms with E-state index >= 15 is 0 Å². The third-order valence-corrected chi connectivity index (χ3v) is 3.64. The van der Waals surface area contributed by atoms with Gasteiger partial charge in [0.1, 0.15) is 12.2 Å². The third-order valence-electron chi connectivity index (χ3n) is 3.64. The van der Waals surface area contributed by atoms with Gasteiger partial charge in [-0.3, -0.25) is 4.90 Å². The molecule has 2 heterocycles. The van der Waals surface area contributed by atoms with E-state index in [1.54, 1.807) is 6.33 Å². The molecule has 5 heteroatoms. The summed E-state index contributed by atoms with van der Waals surface area (Å²) in [5.74, 6) is 1.69. The average molecular weight is 252 g/mol. The van der Waals surface area contributed by atoms with Crippen LogP contribution in [0.1, 0.15) is 45.0 Å². The average Bonchev–Trinajstić information content (AvgIpc) is 2.78. The second kappa shape index (κ2) is 6.29. The fourth-order valence-corrected chi connectivity index (χ4v) is 2.73. The third kappa shape index (κ3) is 3.29.